The van der Waals surface area contributed by atoms with Crippen molar-refractivity contribution in [1.29, 1.82) is 0 Å². The maximum absolute atomic E-state index is 6.10. The molecule has 1 aliphatic rings. The summed E-state index contributed by atoms with van der Waals surface area (Å²) in [4.78, 5) is 8.54. The Morgan fingerprint density at radius 2 is 1.85 bits per heavy atom. The molecular formula is C19H19N5O2. The molecule has 26 heavy (non-hydrogen) atoms. The van der Waals surface area contributed by atoms with E-state index >= 15 is 0 Å². The van der Waals surface area contributed by atoms with Gasteiger partial charge in [-0.25, -0.2) is 9.97 Å². The summed E-state index contributed by atoms with van der Waals surface area (Å²) < 4.78 is 12.7. The molecule has 3 N–H and O–H groups in total. The number of nitrogen functional groups attached to an aromatic ring is 1. The Bertz CT molecular complexity index is 1010. The summed E-state index contributed by atoms with van der Waals surface area (Å²) in [7, 11) is 3.23. The van der Waals surface area contributed by atoms with Crippen LogP contribution >= 0.6 is 0 Å². The predicted octanol–water partition coefficient (Wildman–Crippen LogP) is 1.57. The van der Waals surface area contributed by atoms with Gasteiger partial charge in [0.05, 0.1) is 31.2 Å². The summed E-state index contributed by atoms with van der Waals surface area (Å²) in [5, 5.41) is 4.07. The highest BCUT2D eigenvalue weighted by molar-refractivity contribution is 5.92. The van der Waals surface area contributed by atoms with E-state index in [-0.39, 0.29) is 0 Å². The third-order valence-corrected chi connectivity index (χ3v) is 4.48. The van der Waals surface area contributed by atoms with Crippen molar-refractivity contribution >= 4 is 16.9 Å². The van der Waals surface area contributed by atoms with Gasteiger partial charge in [-0.2, -0.15) is 0 Å². The van der Waals surface area contributed by atoms with E-state index in [1.54, 1.807) is 14.2 Å². The first-order valence-corrected chi connectivity index (χ1v) is 8.26. The van der Waals surface area contributed by atoms with Crippen LogP contribution in [0.2, 0.25) is 0 Å². The van der Waals surface area contributed by atoms with Crippen molar-refractivity contribution in [1.82, 2.24) is 19.9 Å². The van der Waals surface area contributed by atoms with Crippen molar-refractivity contribution in [2.75, 3.05) is 33.0 Å². The Balaban J connectivity index is 1.80. The van der Waals surface area contributed by atoms with Gasteiger partial charge in [-0.15, -0.1) is 0 Å². The van der Waals surface area contributed by atoms with Crippen molar-refractivity contribution in [2.24, 2.45) is 0 Å². The van der Waals surface area contributed by atoms with Crippen LogP contribution in [0.25, 0.3) is 11.0 Å². The number of nitrogens with zero attached hydrogens (tertiary/aromatic N) is 3. The minimum atomic E-state index is 0.360. The topological polar surface area (TPSA) is 87.2 Å². The summed E-state index contributed by atoms with van der Waals surface area (Å²) in [6.07, 6.45) is 3.50. The highest BCUT2D eigenvalue weighted by Crippen LogP contribution is 2.28. The van der Waals surface area contributed by atoms with Crippen molar-refractivity contribution < 1.29 is 9.47 Å². The first-order chi connectivity index (χ1) is 12.7. The van der Waals surface area contributed by atoms with Gasteiger partial charge in [-0.3, -0.25) is 0 Å². The number of hydrogen-bond donors (Lipinski definition) is 2. The minimum absolute atomic E-state index is 0.360. The van der Waals surface area contributed by atoms with Crippen LogP contribution in [-0.2, 0) is 0 Å². The number of ether oxygens (including phenoxy) is 2. The predicted molar refractivity (Wildman–Crippen MR) is 99.4 cm³/mol. The molecule has 0 saturated carbocycles. The summed E-state index contributed by atoms with van der Waals surface area (Å²) in [6.45, 7) is 1.82. The molecule has 0 atom stereocenters. The van der Waals surface area contributed by atoms with E-state index < -0.39 is 0 Å². The van der Waals surface area contributed by atoms with Crippen LogP contribution < -0.4 is 20.5 Å². The molecule has 4 rings (SSSR count). The molecule has 7 nitrogen and oxygen atoms in total. The van der Waals surface area contributed by atoms with Gasteiger partial charge in [-0.05, 0) is 12.1 Å². The van der Waals surface area contributed by atoms with Gasteiger partial charge in [0.1, 0.15) is 29.3 Å². The lowest BCUT2D eigenvalue weighted by Gasteiger charge is -2.28. The van der Waals surface area contributed by atoms with Crippen LogP contribution in [0.15, 0.2) is 30.7 Å². The number of anilines is 1. The fourth-order valence-electron chi connectivity index (χ4n) is 2.97. The normalized spacial score (nSPS) is 13.8. The third-order valence-electron chi connectivity index (χ3n) is 4.48. The van der Waals surface area contributed by atoms with Gasteiger partial charge >= 0.3 is 0 Å². The van der Waals surface area contributed by atoms with Crippen LogP contribution in [0.3, 0.4) is 0 Å². The second-order valence-electron chi connectivity index (χ2n) is 6.07. The Kier molecular flexibility index (Phi) is 4.11. The second-order valence-corrected chi connectivity index (χ2v) is 6.07. The van der Waals surface area contributed by atoms with E-state index in [1.807, 2.05) is 24.4 Å². The molecule has 0 unspecified atom stereocenters. The fraction of sp³-hybridized carbons (Fsp3) is 0.263. The number of nitrogens with one attached hydrogen (secondary N) is 1. The average Bonchev–Trinajstić information content (AvgIpc) is 2.98. The van der Waals surface area contributed by atoms with E-state index in [1.165, 1.54) is 6.33 Å². The molecule has 0 amide bonds. The molecule has 0 radical (unpaired) electrons. The quantitative estimate of drug-likeness (QED) is 0.698. The molecule has 1 saturated heterocycles. The highest BCUT2D eigenvalue weighted by Gasteiger charge is 2.23. The Labute approximate surface area is 151 Å². The van der Waals surface area contributed by atoms with Crippen LogP contribution in [0.1, 0.15) is 17.2 Å². The lowest BCUT2D eigenvalue weighted by Crippen LogP contribution is -2.43. The van der Waals surface area contributed by atoms with Crippen molar-refractivity contribution in [3.05, 3.63) is 41.9 Å². The molecule has 0 bridgehead atoms. The molecule has 0 aliphatic carbocycles. The van der Waals surface area contributed by atoms with E-state index in [0.717, 1.165) is 35.2 Å². The Morgan fingerprint density at radius 1 is 1.12 bits per heavy atom. The maximum atomic E-state index is 6.10. The molecule has 0 spiro atoms. The SMILES string of the molecule is COc1cc(C#Cc2cn(C3CNC3)c3ncnc(N)c23)cc(OC)c1. The second kappa shape index (κ2) is 6.58. The largest absolute Gasteiger partial charge is 0.497 e. The lowest BCUT2D eigenvalue weighted by atomic mass is 10.1. The summed E-state index contributed by atoms with van der Waals surface area (Å²) in [5.74, 6) is 8.20. The van der Waals surface area contributed by atoms with Crippen LogP contribution in [0.4, 0.5) is 5.82 Å². The molecular weight excluding hydrogens is 330 g/mol. The molecule has 1 aromatic carbocycles. The number of rotatable bonds is 3. The van der Waals surface area contributed by atoms with Crippen molar-refractivity contribution in [2.45, 2.75) is 6.04 Å². The van der Waals surface area contributed by atoms with E-state index in [0.29, 0.717) is 23.4 Å². The fourth-order valence-corrected chi connectivity index (χ4v) is 2.97. The van der Waals surface area contributed by atoms with E-state index in [2.05, 4.69) is 31.7 Å². The van der Waals surface area contributed by atoms with Crippen LogP contribution in [0.5, 0.6) is 11.5 Å². The monoisotopic (exact) mass is 349 g/mol. The van der Waals surface area contributed by atoms with Gasteiger partial charge in [-0.1, -0.05) is 11.8 Å². The number of hydrogen-bond acceptors (Lipinski definition) is 6. The van der Waals surface area contributed by atoms with Crippen LogP contribution in [0, 0.1) is 11.8 Å². The standard InChI is InChI=1S/C19H19N5O2/c1-25-15-5-12(6-16(7-15)26-2)3-4-13-10-24(14-8-21-9-14)19-17(13)18(20)22-11-23-19/h5-7,10-11,14,21H,8-9H2,1-2H3,(H2,20,22,23). The molecule has 3 heterocycles. The summed E-state index contributed by atoms with van der Waals surface area (Å²) in [5.41, 5.74) is 8.52. The molecule has 7 heteroatoms. The highest BCUT2D eigenvalue weighted by atomic mass is 16.5. The van der Waals surface area contributed by atoms with E-state index in [9.17, 15) is 0 Å². The van der Waals surface area contributed by atoms with Crippen molar-refractivity contribution in [3.8, 4) is 23.3 Å². The summed E-state index contributed by atoms with van der Waals surface area (Å²) in [6, 6.07) is 5.90. The van der Waals surface area contributed by atoms with E-state index in [4.69, 9.17) is 15.2 Å². The number of aromatic nitrogens is 3. The molecule has 1 aliphatic heterocycles. The molecule has 1 fully saturated rings. The molecule has 2 aromatic heterocycles. The molecule has 3 aromatic rings. The maximum Gasteiger partial charge on any atom is 0.147 e. The Hall–Kier alpha value is -3.24. The smallest absolute Gasteiger partial charge is 0.147 e. The molecule has 132 valence electrons. The minimum Gasteiger partial charge on any atom is -0.497 e. The van der Waals surface area contributed by atoms with Crippen molar-refractivity contribution in [3.63, 3.8) is 0 Å². The van der Waals surface area contributed by atoms with Gasteiger partial charge in [0, 0.05) is 30.9 Å². The lowest BCUT2D eigenvalue weighted by molar-refractivity contribution is 0.350. The van der Waals surface area contributed by atoms with Gasteiger partial charge in [0.15, 0.2) is 0 Å². The first kappa shape index (κ1) is 16.2. The number of fused-ring (bicyclic) bond motifs is 1. The Morgan fingerprint density at radius 3 is 2.46 bits per heavy atom. The van der Waals surface area contributed by atoms with Gasteiger partial charge < -0.3 is 25.1 Å². The first-order valence-electron chi connectivity index (χ1n) is 8.26. The number of methoxy groups -OCH3 is 2. The zero-order valence-electron chi connectivity index (χ0n) is 14.6. The number of benzene rings is 1. The summed E-state index contributed by atoms with van der Waals surface area (Å²) >= 11 is 0. The average molecular weight is 349 g/mol. The zero-order chi connectivity index (χ0) is 18.1. The number of nitrogens with two attached hydrogens (primary N) is 1. The third kappa shape index (κ3) is 2.80. The van der Waals surface area contributed by atoms with Crippen LogP contribution in [-0.4, -0.2) is 41.8 Å². The zero-order valence-corrected chi connectivity index (χ0v) is 14.6. The van der Waals surface area contributed by atoms with Gasteiger partial charge in [0.2, 0.25) is 0 Å². The van der Waals surface area contributed by atoms with Gasteiger partial charge in [0.25, 0.3) is 0 Å².